The first-order valence-electron chi connectivity index (χ1n) is 8.43. The average Bonchev–Trinajstić information content (AvgIpc) is 2.97. The van der Waals surface area contributed by atoms with E-state index < -0.39 is 6.10 Å². The summed E-state index contributed by atoms with van der Waals surface area (Å²) in [6, 6.07) is 7.93. The van der Waals surface area contributed by atoms with Gasteiger partial charge in [0, 0.05) is 19.7 Å². The highest BCUT2D eigenvalue weighted by Gasteiger charge is 2.29. The zero-order valence-electron chi connectivity index (χ0n) is 14.8. The van der Waals surface area contributed by atoms with Crippen LogP contribution < -0.4 is 10.6 Å². The van der Waals surface area contributed by atoms with Crippen molar-refractivity contribution in [2.45, 2.75) is 45.3 Å². The van der Waals surface area contributed by atoms with E-state index >= 15 is 0 Å². The number of aliphatic hydroxyl groups is 1. The molecule has 1 aliphatic heterocycles. The molecule has 3 N–H and O–H groups in total. The van der Waals surface area contributed by atoms with E-state index in [0.29, 0.717) is 13.1 Å². The molecule has 2 atom stereocenters. The molecular formula is C18H30IN3O2. The van der Waals surface area contributed by atoms with Gasteiger partial charge in [-0.05, 0) is 39.2 Å². The van der Waals surface area contributed by atoms with Crippen molar-refractivity contribution in [1.29, 1.82) is 0 Å². The molecule has 136 valence electrons. The summed E-state index contributed by atoms with van der Waals surface area (Å²) >= 11 is 0. The van der Waals surface area contributed by atoms with Gasteiger partial charge in [-0.1, -0.05) is 29.8 Å². The number of nitrogens with zero attached hydrogens (tertiary/aromatic N) is 1. The van der Waals surface area contributed by atoms with Crippen LogP contribution in [0.4, 0.5) is 0 Å². The summed E-state index contributed by atoms with van der Waals surface area (Å²) in [5, 5.41) is 16.7. The molecule has 0 saturated carbocycles. The van der Waals surface area contributed by atoms with E-state index in [1.165, 1.54) is 0 Å². The van der Waals surface area contributed by atoms with Gasteiger partial charge in [0.05, 0.1) is 18.2 Å². The summed E-state index contributed by atoms with van der Waals surface area (Å²) in [5.41, 5.74) is 1.91. The normalized spacial score (nSPS) is 21.9. The highest BCUT2D eigenvalue weighted by atomic mass is 127. The molecule has 0 bridgehead atoms. The predicted molar refractivity (Wildman–Crippen MR) is 109 cm³/mol. The lowest BCUT2D eigenvalue weighted by atomic mass is 10.0. The molecule has 0 amide bonds. The van der Waals surface area contributed by atoms with Gasteiger partial charge in [0.1, 0.15) is 0 Å². The van der Waals surface area contributed by atoms with Crippen LogP contribution in [0.1, 0.15) is 43.9 Å². The van der Waals surface area contributed by atoms with E-state index in [9.17, 15) is 5.11 Å². The first-order valence-corrected chi connectivity index (χ1v) is 8.43. The summed E-state index contributed by atoms with van der Waals surface area (Å²) in [6.07, 6.45) is 1.58. The number of nitrogens with one attached hydrogen (secondary N) is 2. The highest BCUT2D eigenvalue weighted by molar-refractivity contribution is 14.0. The smallest absolute Gasteiger partial charge is 0.191 e. The van der Waals surface area contributed by atoms with Crippen molar-refractivity contribution in [1.82, 2.24) is 10.6 Å². The number of hydrogen-bond acceptors (Lipinski definition) is 3. The minimum atomic E-state index is -0.558. The summed E-state index contributed by atoms with van der Waals surface area (Å²) in [7, 11) is 0. The second-order valence-electron chi connectivity index (χ2n) is 6.41. The third kappa shape index (κ3) is 6.57. The van der Waals surface area contributed by atoms with E-state index in [4.69, 9.17) is 4.74 Å². The zero-order chi connectivity index (χ0) is 16.7. The fraction of sp³-hybridized carbons (Fsp3) is 0.611. The predicted octanol–water partition coefficient (Wildman–Crippen LogP) is 2.77. The number of guanidine groups is 1. The van der Waals surface area contributed by atoms with E-state index in [1.807, 2.05) is 38.1 Å². The van der Waals surface area contributed by atoms with Crippen LogP contribution in [0.15, 0.2) is 29.3 Å². The fourth-order valence-electron chi connectivity index (χ4n) is 2.74. The van der Waals surface area contributed by atoms with Crippen molar-refractivity contribution in [2.24, 2.45) is 4.99 Å². The molecule has 24 heavy (non-hydrogen) atoms. The van der Waals surface area contributed by atoms with Crippen LogP contribution >= 0.6 is 24.0 Å². The number of ether oxygens (including phenoxy) is 1. The van der Waals surface area contributed by atoms with Crippen molar-refractivity contribution in [3.05, 3.63) is 35.4 Å². The Kier molecular flexibility index (Phi) is 9.01. The second kappa shape index (κ2) is 10.2. The third-order valence-corrected chi connectivity index (χ3v) is 4.11. The van der Waals surface area contributed by atoms with Gasteiger partial charge < -0.3 is 20.5 Å². The molecule has 1 saturated heterocycles. The maximum absolute atomic E-state index is 10.3. The molecular weight excluding hydrogens is 417 g/mol. The molecule has 2 unspecified atom stereocenters. The Hall–Kier alpha value is -0.860. The van der Waals surface area contributed by atoms with Crippen molar-refractivity contribution < 1.29 is 9.84 Å². The molecule has 2 rings (SSSR count). The van der Waals surface area contributed by atoms with Gasteiger partial charge in [-0.3, -0.25) is 4.99 Å². The number of aliphatic imine (C=N–C) groups is 1. The van der Waals surface area contributed by atoms with Crippen LogP contribution in [-0.4, -0.2) is 42.9 Å². The fourth-order valence-corrected chi connectivity index (χ4v) is 2.74. The van der Waals surface area contributed by atoms with Crippen LogP contribution in [0.25, 0.3) is 0 Å². The van der Waals surface area contributed by atoms with E-state index in [0.717, 1.165) is 43.1 Å². The van der Waals surface area contributed by atoms with E-state index in [-0.39, 0.29) is 29.6 Å². The van der Waals surface area contributed by atoms with Gasteiger partial charge in [-0.15, -0.1) is 24.0 Å². The van der Waals surface area contributed by atoms with Crippen molar-refractivity contribution in [3.63, 3.8) is 0 Å². The minimum Gasteiger partial charge on any atom is -0.387 e. The SMILES string of the molecule is CCNC(=NCC1(C)CCCO1)NCC(O)c1cccc(C)c1.I. The Morgan fingerprint density at radius 3 is 2.83 bits per heavy atom. The first-order chi connectivity index (χ1) is 11.0. The number of halogens is 1. The van der Waals surface area contributed by atoms with E-state index in [1.54, 1.807) is 0 Å². The minimum absolute atomic E-state index is 0. The van der Waals surface area contributed by atoms with Gasteiger partial charge in [0.15, 0.2) is 5.96 Å². The summed E-state index contributed by atoms with van der Waals surface area (Å²) < 4.78 is 5.77. The number of aliphatic hydroxyl groups excluding tert-OH is 1. The quantitative estimate of drug-likeness (QED) is 0.357. The van der Waals surface area contributed by atoms with Crippen LogP contribution in [0.5, 0.6) is 0 Å². The van der Waals surface area contributed by atoms with Crippen molar-refractivity contribution in [3.8, 4) is 0 Å². The van der Waals surface area contributed by atoms with Gasteiger partial charge in [-0.2, -0.15) is 0 Å². The largest absolute Gasteiger partial charge is 0.387 e. The molecule has 1 fully saturated rings. The molecule has 0 spiro atoms. The third-order valence-electron chi connectivity index (χ3n) is 4.11. The van der Waals surface area contributed by atoms with Gasteiger partial charge in [-0.25, -0.2) is 0 Å². The Balaban J connectivity index is 0.00000288. The van der Waals surface area contributed by atoms with Gasteiger partial charge >= 0.3 is 0 Å². The molecule has 1 aliphatic rings. The highest BCUT2D eigenvalue weighted by Crippen LogP contribution is 2.25. The van der Waals surface area contributed by atoms with Gasteiger partial charge in [0.2, 0.25) is 0 Å². The lowest BCUT2D eigenvalue weighted by Gasteiger charge is -2.22. The summed E-state index contributed by atoms with van der Waals surface area (Å²) in [4.78, 5) is 4.61. The molecule has 1 heterocycles. The Morgan fingerprint density at radius 2 is 2.21 bits per heavy atom. The number of benzene rings is 1. The molecule has 0 aromatic heterocycles. The standard InChI is InChI=1S/C18H29N3O2.HI/c1-4-19-17(21-13-18(3)9-6-10-23-18)20-12-16(22)15-8-5-7-14(2)11-15;/h5,7-8,11,16,22H,4,6,9-10,12-13H2,1-3H3,(H2,19,20,21);1H. The number of aryl methyl sites for hydroxylation is 1. The maximum atomic E-state index is 10.3. The Labute approximate surface area is 162 Å². The van der Waals surface area contributed by atoms with Crippen molar-refractivity contribution >= 4 is 29.9 Å². The van der Waals surface area contributed by atoms with Crippen LogP contribution in [-0.2, 0) is 4.74 Å². The molecule has 1 aromatic rings. The van der Waals surface area contributed by atoms with Crippen LogP contribution in [0.3, 0.4) is 0 Å². The zero-order valence-corrected chi connectivity index (χ0v) is 17.2. The lowest BCUT2D eigenvalue weighted by Crippen LogP contribution is -2.41. The molecule has 0 radical (unpaired) electrons. The summed E-state index contributed by atoms with van der Waals surface area (Å²) in [6.45, 7) is 8.82. The van der Waals surface area contributed by atoms with Crippen LogP contribution in [0.2, 0.25) is 0 Å². The molecule has 1 aromatic carbocycles. The topological polar surface area (TPSA) is 65.9 Å². The Bertz CT molecular complexity index is 531. The number of rotatable bonds is 6. The van der Waals surface area contributed by atoms with E-state index in [2.05, 4.69) is 22.5 Å². The molecule has 0 aliphatic carbocycles. The van der Waals surface area contributed by atoms with Crippen molar-refractivity contribution in [2.75, 3.05) is 26.2 Å². The maximum Gasteiger partial charge on any atom is 0.191 e. The number of hydrogen-bond donors (Lipinski definition) is 3. The van der Waals surface area contributed by atoms with Crippen LogP contribution in [0, 0.1) is 6.92 Å². The second-order valence-corrected chi connectivity index (χ2v) is 6.41. The Morgan fingerprint density at radius 1 is 1.42 bits per heavy atom. The van der Waals surface area contributed by atoms with Gasteiger partial charge in [0.25, 0.3) is 0 Å². The molecule has 6 heteroatoms. The molecule has 5 nitrogen and oxygen atoms in total. The lowest BCUT2D eigenvalue weighted by molar-refractivity contribution is 0.0283. The average molecular weight is 447 g/mol. The monoisotopic (exact) mass is 447 g/mol. The summed E-state index contributed by atoms with van der Waals surface area (Å²) in [5.74, 6) is 0.718. The first kappa shape index (κ1) is 21.2.